The maximum atomic E-state index is 11.8. The number of carbonyl (C=O) groups is 1. The number of aromatic nitrogens is 1. The van der Waals surface area contributed by atoms with Crippen molar-refractivity contribution < 1.29 is 14.3 Å². The Morgan fingerprint density at radius 1 is 1.35 bits per heavy atom. The van der Waals surface area contributed by atoms with Gasteiger partial charge < -0.3 is 14.0 Å². The van der Waals surface area contributed by atoms with Gasteiger partial charge in [0.05, 0.1) is 12.7 Å². The van der Waals surface area contributed by atoms with Crippen LogP contribution in [-0.2, 0) is 16.0 Å². The highest BCUT2D eigenvalue weighted by molar-refractivity contribution is 6.03. The van der Waals surface area contributed by atoms with Gasteiger partial charge in [-0.1, -0.05) is 6.07 Å². The Kier molecular flexibility index (Phi) is 3.74. The van der Waals surface area contributed by atoms with E-state index in [2.05, 4.69) is 16.8 Å². The maximum absolute atomic E-state index is 11.8. The summed E-state index contributed by atoms with van der Waals surface area (Å²) in [6.45, 7) is 2.70. The molecule has 0 aliphatic carbocycles. The molecule has 20 heavy (non-hydrogen) atoms. The molecule has 0 bridgehead atoms. The summed E-state index contributed by atoms with van der Waals surface area (Å²) in [5, 5.41) is 0.964. The number of ether oxygens (including phenoxy) is 2. The second-order valence-corrected chi connectivity index (χ2v) is 5.25. The molecule has 1 aliphatic heterocycles. The summed E-state index contributed by atoms with van der Waals surface area (Å²) in [5.41, 5.74) is 1.73. The molecule has 106 valence electrons. The SMILES string of the molecule is COC(=O)c1cccc2c1ccn2CC1CCOCC1. The molecule has 1 fully saturated rings. The number of carbonyl (C=O) groups excluding carboxylic acids is 1. The van der Waals surface area contributed by atoms with Gasteiger partial charge in [0.2, 0.25) is 0 Å². The summed E-state index contributed by atoms with van der Waals surface area (Å²) in [7, 11) is 1.42. The van der Waals surface area contributed by atoms with Crippen molar-refractivity contribution in [1.82, 2.24) is 4.57 Å². The highest BCUT2D eigenvalue weighted by Gasteiger charge is 2.17. The molecule has 0 radical (unpaired) electrons. The number of fused-ring (bicyclic) bond motifs is 1. The first-order valence-electron chi connectivity index (χ1n) is 7.03. The molecule has 1 aromatic carbocycles. The predicted octanol–water partition coefficient (Wildman–Crippen LogP) is 2.85. The Morgan fingerprint density at radius 2 is 2.15 bits per heavy atom. The monoisotopic (exact) mass is 273 g/mol. The van der Waals surface area contributed by atoms with Crippen LogP contribution in [0.25, 0.3) is 10.9 Å². The topological polar surface area (TPSA) is 40.5 Å². The van der Waals surface area contributed by atoms with Gasteiger partial charge in [0.1, 0.15) is 0 Å². The molecule has 0 spiro atoms. The van der Waals surface area contributed by atoms with Crippen LogP contribution in [0.2, 0.25) is 0 Å². The van der Waals surface area contributed by atoms with Crippen molar-refractivity contribution in [3.05, 3.63) is 36.0 Å². The van der Waals surface area contributed by atoms with Crippen LogP contribution < -0.4 is 0 Å². The average molecular weight is 273 g/mol. The third-order valence-corrected chi connectivity index (χ3v) is 4.01. The molecule has 1 aromatic heterocycles. The van der Waals surface area contributed by atoms with Crippen LogP contribution in [0.4, 0.5) is 0 Å². The first-order chi connectivity index (χ1) is 9.79. The number of hydrogen-bond donors (Lipinski definition) is 0. The molecule has 4 heteroatoms. The molecule has 0 N–H and O–H groups in total. The Balaban J connectivity index is 1.91. The summed E-state index contributed by atoms with van der Waals surface area (Å²) in [4.78, 5) is 11.8. The minimum atomic E-state index is -0.278. The summed E-state index contributed by atoms with van der Waals surface area (Å²) < 4.78 is 12.5. The Labute approximate surface area is 118 Å². The minimum absolute atomic E-state index is 0.278. The molecular weight excluding hydrogens is 254 g/mol. The van der Waals surface area contributed by atoms with E-state index in [4.69, 9.17) is 9.47 Å². The highest BCUT2D eigenvalue weighted by Crippen LogP contribution is 2.24. The zero-order chi connectivity index (χ0) is 13.9. The fourth-order valence-electron chi connectivity index (χ4n) is 2.88. The van der Waals surface area contributed by atoms with Gasteiger partial charge >= 0.3 is 5.97 Å². The summed E-state index contributed by atoms with van der Waals surface area (Å²) in [5.74, 6) is 0.376. The zero-order valence-electron chi connectivity index (χ0n) is 11.7. The van der Waals surface area contributed by atoms with E-state index in [1.807, 2.05) is 18.2 Å². The molecule has 1 saturated heterocycles. The van der Waals surface area contributed by atoms with E-state index in [-0.39, 0.29) is 5.97 Å². The van der Waals surface area contributed by atoms with E-state index in [0.29, 0.717) is 11.5 Å². The molecule has 0 atom stereocenters. The third-order valence-electron chi connectivity index (χ3n) is 4.01. The Bertz CT molecular complexity index is 611. The second-order valence-electron chi connectivity index (χ2n) is 5.25. The fourth-order valence-corrected chi connectivity index (χ4v) is 2.88. The van der Waals surface area contributed by atoms with E-state index in [0.717, 1.165) is 43.5 Å². The highest BCUT2D eigenvalue weighted by atomic mass is 16.5. The quantitative estimate of drug-likeness (QED) is 0.807. The average Bonchev–Trinajstić information content (AvgIpc) is 2.91. The molecule has 0 unspecified atom stereocenters. The van der Waals surface area contributed by atoms with Crippen molar-refractivity contribution in [2.75, 3.05) is 20.3 Å². The molecule has 3 rings (SSSR count). The summed E-state index contributed by atoms with van der Waals surface area (Å²) in [6.07, 6.45) is 4.28. The van der Waals surface area contributed by atoms with Crippen molar-refractivity contribution in [3.8, 4) is 0 Å². The van der Waals surface area contributed by atoms with Crippen molar-refractivity contribution in [2.45, 2.75) is 19.4 Å². The third kappa shape index (κ3) is 2.43. The fraction of sp³-hybridized carbons (Fsp3) is 0.438. The van der Waals surface area contributed by atoms with E-state index < -0.39 is 0 Å². The van der Waals surface area contributed by atoms with E-state index in [1.165, 1.54) is 7.11 Å². The zero-order valence-corrected chi connectivity index (χ0v) is 11.7. The first-order valence-corrected chi connectivity index (χ1v) is 7.03. The van der Waals surface area contributed by atoms with Crippen molar-refractivity contribution in [1.29, 1.82) is 0 Å². The molecular formula is C16H19NO3. The summed E-state index contributed by atoms with van der Waals surface area (Å²) in [6, 6.07) is 7.78. The van der Waals surface area contributed by atoms with Crippen molar-refractivity contribution >= 4 is 16.9 Å². The van der Waals surface area contributed by atoms with Crippen LogP contribution in [0.1, 0.15) is 23.2 Å². The molecule has 0 saturated carbocycles. The Hall–Kier alpha value is -1.81. The molecule has 4 nitrogen and oxygen atoms in total. The number of benzene rings is 1. The van der Waals surface area contributed by atoms with Crippen LogP contribution in [0.3, 0.4) is 0 Å². The number of nitrogens with zero attached hydrogens (tertiary/aromatic N) is 1. The van der Waals surface area contributed by atoms with Gasteiger partial charge in [-0.2, -0.15) is 0 Å². The second kappa shape index (κ2) is 5.67. The molecule has 2 heterocycles. The maximum Gasteiger partial charge on any atom is 0.338 e. The lowest BCUT2D eigenvalue weighted by Gasteiger charge is -2.22. The largest absolute Gasteiger partial charge is 0.465 e. The van der Waals surface area contributed by atoms with Gasteiger partial charge in [-0.05, 0) is 37.0 Å². The lowest BCUT2D eigenvalue weighted by atomic mass is 10.0. The van der Waals surface area contributed by atoms with E-state index in [1.54, 1.807) is 0 Å². The summed E-state index contributed by atoms with van der Waals surface area (Å²) >= 11 is 0. The molecule has 2 aromatic rings. The molecule has 1 aliphatic rings. The van der Waals surface area contributed by atoms with Crippen LogP contribution in [0, 0.1) is 5.92 Å². The number of esters is 1. The van der Waals surface area contributed by atoms with Crippen molar-refractivity contribution in [2.24, 2.45) is 5.92 Å². The Morgan fingerprint density at radius 3 is 2.90 bits per heavy atom. The smallest absolute Gasteiger partial charge is 0.338 e. The first kappa shape index (κ1) is 13.2. The van der Waals surface area contributed by atoms with Gasteiger partial charge in [-0.3, -0.25) is 0 Å². The van der Waals surface area contributed by atoms with Gasteiger partial charge in [0.15, 0.2) is 0 Å². The molecule has 0 amide bonds. The van der Waals surface area contributed by atoms with E-state index in [9.17, 15) is 4.79 Å². The van der Waals surface area contributed by atoms with E-state index >= 15 is 0 Å². The lowest BCUT2D eigenvalue weighted by Crippen LogP contribution is -2.20. The number of hydrogen-bond acceptors (Lipinski definition) is 3. The van der Waals surface area contributed by atoms with Crippen LogP contribution in [0.15, 0.2) is 30.5 Å². The number of rotatable bonds is 3. The van der Waals surface area contributed by atoms with Gasteiger partial charge in [-0.15, -0.1) is 0 Å². The standard InChI is InChI=1S/C16H19NO3/c1-19-16(18)14-3-2-4-15-13(14)5-8-17(15)11-12-6-9-20-10-7-12/h2-5,8,12H,6-7,9-11H2,1H3. The predicted molar refractivity (Wildman–Crippen MR) is 76.8 cm³/mol. The van der Waals surface area contributed by atoms with Crippen molar-refractivity contribution in [3.63, 3.8) is 0 Å². The van der Waals surface area contributed by atoms with Gasteiger partial charge in [-0.25, -0.2) is 4.79 Å². The van der Waals surface area contributed by atoms with Crippen LogP contribution in [0.5, 0.6) is 0 Å². The van der Waals surface area contributed by atoms with Crippen LogP contribution in [-0.4, -0.2) is 30.9 Å². The normalized spacial score (nSPS) is 16.4. The van der Waals surface area contributed by atoms with Gasteiger partial charge in [0.25, 0.3) is 0 Å². The lowest BCUT2D eigenvalue weighted by molar-refractivity contribution is 0.0603. The van der Waals surface area contributed by atoms with Gasteiger partial charge in [0, 0.05) is 36.9 Å². The van der Waals surface area contributed by atoms with Crippen LogP contribution >= 0.6 is 0 Å². The minimum Gasteiger partial charge on any atom is -0.465 e. The number of methoxy groups -OCH3 is 1.